The van der Waals surface area contributed by atoms with Gasteiger partial charge in [-0.2, -0.15) is 0 Å². The Morgan fingerprint density at radius 1 is 1.33 bits per heavy atom. The summed E-state index contributed by atoms with van der Waals surface area (Å²) >= 11 is 0. The summed E-state index contributed by atoms with van der Waals surface area (Å²) in [6, 6.07) is 10.7. The molecule has 0 bridgehead atoms. The number of para-hydroxylation sites is 1. The maximum Gasteiger partial charge on any atom is 0.222 e. The van der Waals surface area contributed by atoms with Crippen LogP contribution in [0, 0.1) is 5.41 Å². The predicted octanol–water partition coefficient (Wildman–Crippen LogP) is 3.67. The number of carbonyl (C=O) groups is 1. The fraction of sp³-hybridized carbons (Fsp3) is 0.611. The molecule has 2 fully saturated rings. The van der Waals surface area contributed by atoms with Gasteiger partial charge in [0.2, 0.25) is 5.91 Å². The minimum atomic E-state index is 0.350. The average molecular weight is 286 g/mol. The Hall–Kier alpha value is -1.51. The lowest BCUT2D eigenvalue weighted by molar-refractivity contribution is -0.132. The molecule has 0 radical (unpaired) electrons. The SMILES string of the molecule is CC1(CCC(=O)N2CCC[C@H](Nc3ccccc3)C2)CC1. The van der Waals surface area contributed by atoms with E-state index in [0.717, 1.165) is 44.5 Å². The number of piperidine rings is 1. The van der Waals surface area contributed by atoms with Crippen LogP contribution in [0.25, 0.3) is 0 Å². The molecule has 0 aromatic heterocycles. The first-order valence-corrected chi connectivity index (χ1v) is 8.24. The van der Waals surface area contributed by atoms with Crippen LogP contribution in [0.4, 0.5) is 5.69 Å². The summed E-state index contributed by atoms with van der Waals surface area (Å²) in [5.74, 6) is 0.350. The zero-order valence-corrected chi connectivity index (χ0v) is 13.0. The minimum Gasteiger partial charge on any atom is -0.381 e. The van der Waals surface area contributed by atoms with Crippen LogP contribution in [0.5, 0.6) is 0 Å². The van der Waals surface area contributed by atoms with Gasteiger partial charge in [-0.3, -0.25) is 4.79 Å². The Morgan fingerprint density at radius 2 is 2.10 bits per heavy atom. The number of nitrogens with zero attached hydrogens (tertiary/aromatic N) is 1. The van der Waals surface area contributed by atoms with Gasteiger partial charge >= 0.3 is 0 Å². The van der Waals surface area contributed by atoms with Crippen LogP contribution >= 0.6 is 0 Å². The van der Waals surface area contributed by atoms with Gasteiger partial charge in [0.1, 0.15) is 0 Å². The van der Waals surface area contributed by atoms with E-state index >= 15 is 0 Å². The quantitative estimate of drug-likeness (QED) is 0.895. The number of anilines is 1. The normalized spacial score (nSPS) is 23.7. The monoisotopic (exact) mass is 286 g/mol. The molecule has 1 atom stereocenters. The number of rotatable bonds is 5. The van der Waals surface area contributed by atoms with Crippen molar-refractivity contribution in [1.29, 1.82) is 0 Å². The molecule has 1 aliphatic carbocycles. The Balaban J connectivity index is 1.49. The van der Waals surface area contributed by atoms with Crippen molar-refractivity contribution in [2.45, 2.75) is 51.5 Å². The third-order valence-electron chi connectivity index (χ3n) is 4.96. The van der Waals surface area contributed by atoms with E-state index in [0.29, 0.717) is 17.4 Å². The topological polar surface area (TPSA) is 32.3 Å². The van der Waals surface area contributed by atoms with Crippen LogP contribution in [0.3, 0.4) is 0 Å². The Morgan fingerprint density at radius 3 is 2.81 bits per heavy atom. The molecule has 1 heterocycles. The first kappa shape index (κ1) is 14.4. The maximum atomic E-state index is 12.4. The van der Waals surface area contributed by atoms with Gasteiger partial charge in [-0.05, 0) is 49.7 Å². The summed E-state index contributed by atoms with van der Waals surface area (Å²) in [6.07, 6.45) is 6.66. The highest BCUT2D eigenvalue weighted by molar-refractivity contribution is 5.76. The molecule has 3 nitrogen and oxygen atoms in total. The summed E-state index contributed by atoms with van der Waals surface area (Å²) in [6.45, 7) is 4.09. The van der Waals surface area contributed by atoms with Crippen LogP contribution in [0.2, 0.25) is 0 Å². The van der Waals surface area contributed by atoms with Crippen molar-refractivity contribution < 1.29 is 4.79 Å². The second-order valence-corrected chi connectivity index (χ2v) is 7.00. The van der Waals surface area contributed by atoms with Crippen molar-refractivity contribution in [3.8, 4) is 0 Å². The number of benzene rings is 1. The number of hydrogen-bond donors (Lipinski definition) is 1. The van der Waals surface area contributed by atoms with Crippen molar-refractivity contribution in [1.82, 2.24) is 4.90 Å². The largest absolute Gasteiger partial charge is 0.381 e. The summed E-state index contributed by atoms with van der Waals surface area (Å²) in [5.41, 5.74) is 1.63. The van der Waals surface area contributed by atoms with E-state index in [4.69, 9.17) is 0 Å². The van der Waals surface area contributed by atoms with Crippen LogP contribution in [0.1, 0.15) is 45.4 Å². The lowest BCUT2D eigenvalue weighted by Crippen LogP contribution is -2.45. The minimum absolute atomic E-state index is 0.350. The summed E-state index contributed by atoms with van der Waals surface area (Å²) in [5, 5.41) is 3.56. The summed E-state index contributed by atoms with van der Waals surface area (Å²) in [7, 11) is 0. The number of hydrogen-bond acceptors (Lipinski definition) is 2. The first-order chi connectivity index (χ1) is 10.1. The second-order valence-electron chi connectivity index (χ2n) is 7.00. The zero-order valence-electron chi connectivity index (χ0n) is 13.0. The standard InChI is InChI=1S/C18H26N2O/c1-18(11-12-18)10-9-17(21)20-13-5-8-16(14-20)19-15-6-3-2-4-7-15/h2-4,6-7,16,19H,5,8-14H2,1H3/t16-/m0/s1. The summed E-state index contributed by atoms with van der Waals surface area (Å²) in [4.78, 5) is 14.4. The molecule has 0 spiro atoms. The Bertz CT molecular complexity index is 481. The lowest BCUT2D eigenvalue weighted by atomic mass is 10.0. The average Bonchev–Trinajstić information content (AvgIpc) is 3.24. The molecule has 3 rings (SSSR count). The number of nitrogens with one attached hydrogen (secondary N) is 1. The van der Waals surface area contributed by atoms with Crippen molar-refractivity contribution >= 4 is 11.6 Å². The third-order valence-corrected chi connectivity index (χ3v) is 4.96. The van der Waals surface area contributed by atoms with Crippen LogP contribution in [0.15, 0.2) is 30.3 Å². The molecule has 114 valence electrons. The molecule has 1 amide bonds. The maximum absolute atomic E-state index is 12.4. The summed E-state index contributed by atoms with van der Waals surface area (Å²) < 4.78 is 0. The smallest absolute Gasteiger partial charge is 0.222 e. The molecule has 1 N–H and O–H groups in total. The highest BCUT2D eigenvalue weighted by atomic mass is 16.2. The van der Waals surface area contributed by atoms with Crippen LogP contribution in [-0.4, -0.2) is 29.9 Å². The van der Waals surface area contributed by atoms with Gasteiger partial charge in [-0.25, -0.2) is 0 Å². The van der Waals surface area contributed by atoms with Gasteiger partial charge in [0.15, 0.2) is 0 Å². The van der Waals surface area contributed by atoms with Gasteiger partial charge in [0.05, 0.1) is 0 Å². The molecule has 1 aliphatic heterocycles. The van der Waals surface area contributed by atoms with E-state index in [-0.39, 0.29) is 0 Å². The van der Waals surface area contributed by atoms with Crippen LogP contribution < -0.4 is 5.32 Å². The molecular weight excluding hydrogens is 260 g/mol. The van der Waals surface area contributed by atoms with E-state index < -0.39 is 0 Å². The molecule has 1 aromatic carbocycles. The van der Waals surface area contributed by atoms with E-state index in [9.17, 15) is 4.79 Å². The number of carbonyl (C=O) groups excluding carboxylic acids is 1. The number of likely N-dealkylation sites (tertiary alicyclic amines) is 1. The van der Waals surface area contributed by atoms with E-state index in [2.05, 4.69) is 29.3 Å². The van der Waals surface area contributed by atoms with Gasteiger partial charge < -0.3 is 10.2 Å². The van der Waals surface area contributed by atoms with E-state index in [1.165, 1.54) is 12.8 Å². The molecule has 2 aliphatic rings. The van der Waals surface area contributed by atoms with Gasteiger partial charge in [0, 0.05) is 31.2 Å². The lowest BCUT2D eigenvalue weighted by Gasteiger charge is -2.34. The van der Waals surface area contributed by atoms with Crippen molar-refractivity contribution in [3.63, 3.8) is 0 Å². The molecule has 1 aromatic rings. The third kappa shape index (κ3) is 3.99. The highest BCUT2D eigenvalue weighted by Gasteiger charge is 2.37. The molecule has 1 saturated carbocycles. The molecule has 3 heteroatoms. The molecule has 0 unspecified atom stereocenters. The predicted molar refractivity (Wildman–Crippen MR) is 86.2 cm³/mol. The van der Waals surface area contributed by atoms with Crippen molar-refractivity contribution in [3.05, 3.63) is 30.3 Å². The molecule has 21 heavy (non-hydrogen) atoms. The fourth-order valence-electron chi connectivity index (χ4n) is 3.12. The second kappa shape index (κ2) is 6.08. The van der Waals surface area contributed by atoms with Gasteiger partial charge in [-0.15, -0.1) is 0 Å². The Labute approximate surface area is 127 Å². The Kier molecular flexibility index (Phi) is 4.18. The fourth-order valence-corrected chi connectivity index (χ4v) is 3.12. The van der Waals surface area contributed by atoms with E-state index in [1.807, 2.05) is 18.2 Å². The first-order valence-electron chi connectivity index (χ1n) is 8.24. The highest BCUT2D eigenvalue weighted by Crippen LogP contribution is 2.48. The van der Waals surface area contributed by atoms with E-state index in [1.54, 1.807) is 0 Å². The van der Waals surface area contributed by atoms with Crippen LogP contribution in [-0.2, 0) is 4.79 Å². The number of amides is 1. The molecule has 1 saturated heterocycles. The van der Waals surface area contributed by atoms with Gasteiger partial charge in [0.25, 0.3) is 0 Å². The molecular formula is C18H26N2O. The zero-order chi connectivity index (χ0) is 14.7. The van der Waals surface area contributed by atoms with Crippen molar-refractivity contribution in [2.75, 3.05) is 18.4 Å². The van der Waals surface area contributed by atoms with Gasteiger partial charge in [-0.1, -0.05) is 25.1 Å². The van der Waals surface area contributed by atoms with Crippen molar-refractivity contribution in [2.24, 2.45) is 5.41 Å².